The summed E-state index contributed by atoms with van der Waals surface area (Å²) >= 11 is 0. The Labute approximate surface area is 169 Å². The number of benzene rings is 3. The molecule has 3 aromatic rings. The molecular weight excluding hydrogens is 364 g/mol. The third-order valence-corrected chi connectivity index (χ3v) is 4.47. The Kier molecular flexibility index (Phi) is 6.06. The minimum atomic E-state index is -0.370. The minimum absolute atomic E-state index is 0.0421. The standard InChI is InChI=1S/C24H20N2O3/c1-16-7-8-17(2)22(15-16)23(27)20-5-3-4-6-21(20)24(28)26-18-9-11-19(12-10-18)29-14-13-25/h3-12,15H,14H2,1-2H3,(H,26,28). The molecule has 0 fully saturated rings. The van der Waals surface area contributed by atoms with Gasteiger partial charge < -0.3 is 10.1 Å². The fraction of sp³-hybridized carbons (Fsp3) is 0.125. The van der Waals surface area contributed by atoms with Crippen LogP contribution in [0.25, 0.3) is 0 Å². The number of carbonyl (C=O) groups excluding carboxylic acids is 2. The maximum Gasteiger partial charge on any atom is 0.256 e. The van der Waals surface area contributed by atoms with Crippen molar-refractivity contribution in [3.05, 3.63) is 94.5 Å². The normalized spacial score (nSPS) is 10.1. The van der Waals surface area contributed by atoms with E-state index in [9.17, 15) is 9.59 Å². The van der Waals surface area contributed by atoms with Crippen LogP contribution >= 0.6 is 0 Å². The lowest BCUT2D eigenvalue weighted by atomic mass is 9.94. The summed E-state index contributed by atoms with van der Waals surface area (Å²) in [5.41, 5.74) is 3.66. The van der Waals surface area contributed by atoms with Crippen LogP contribution in [0.3, 0.4) is 0 Å². The van der Waals surface area contributed by atoms with Gasteiger partial charge in [-0.25, -0.2) is 0 Å². The smallest absolute Gasteiger partial charge is 0.256 e. The number of amides is 1. The molecule has 0 aliphatic heterocycles. The summed E-state index contributed by atoms with van der Waals surface area (Å²) in [4.78, 5) is 26.0. The van der Waals surface area contributed by atoms with Gasteiger partial charge in [-0.1, -0.05) is 35.9 Å². The Bertz CT molecular complexity index is 1100. The van der Waals surface area contributed by atoms with Crippen LogP contribution in [0.4, 0.5) is 5.69 Å². The average Bonchev–Trinajstić information content (AvgIpc) is 2.74. The lowest BCUT2D eigenvalue weighted by Gasteiger charge is -2.12. The fourth-order valence-corrected chi connectivity index (χ4v) is 2.95. The molecule has 0 aliphatic rings. The van der Waals surface area contributed by atoms with E-state index < -0.39 is 0 Å². The molecule has 0 bridgehead atoms. The average molecular weight is 384 g/mol. The van der Waals surface area contributed by atoms with E-state index in [0.29, 0.717) is 28.1 Å². The zero-order valence-corrected chi connectivity index (χ0v) is 16.2. The monoisotopic (exact) mass is 384 g/mol. The Hall–Kier alpha value is -3.91. The number of carbonyl (C=O) groups is 2. The molecule has 0 saturated carbocycles. The molecule has 0 aromatic heterocycles. The first kappa shape index (κ1) is 19.8. The van der Waals surface area contributed by atoms with Crippen molar-refractivity contribution in [2.24, 2.45) is 0 Å². The molecule has 0 radical (unpaired) electrons. The zero-order chi connectivity index (χ0) is 20.8. The second kappa shape index (κ2) is 8.85. The molecule has 1 amide bonds. The minimum Gasteiger partial charge on any atom is -0.479 e. The first-order valence-electron chi connectivity index (χ1n) is 9.11. The van der Waals surface area contributed by atoms with Crippen molar-refractivity contribution in [2.75, 3.05) is 11.9 Å². The quantitative estimate of drug-likeness (QED) is 0.625. The van der Waals surface area contributed by atoms with E-state index in [1.165, 1.54) is 0 Å². The highest BCUT2D eigenvalue weighted by Gasteiger charge is 2.19. The highest BCUT2D eigenvalue weighted by atomic mass is 16.5. The first-order chi connectivity index (χ1) is 14.0. The van der Waals surface area contributed by atoms with E-state index in [2.05, 4.69) is 5.32 Å². The second-order valence-electron chi connectivity index (χ2n) is 6.62. The number of aryl methyl sites for hydroxylation is 2. The van der Waals surface area contributed by atoms with Crippen molar-refractivity contribution in [3.8, 4) is 11.8 Å². The lowest BCUT2D eigenvalue weighted by Crippen LogP contribution is -2.17. The van der Waals surface area contributed by atoms with Gasteiger partial charge in [0.25, 0.3) is 5.91 Å². The van der Waals surface area contributed by atoms with Gasteiger partial charge in [0.2, 0.25) is 0 Å². The number of hydrogen-bond donors (Lipinski definition) is 1. The van der Waals surface area contributed by atoms with Crippen LogP contribution in [0, 0.1) is 25.2 Å². The number of hydrogen-bond acceptors (Lipinski definition) is 4. The van der Waals surface area contributed by atoms with Gasteiger partial charge in [0, 0.05) is 16.8 Å². The number of nitriles is 1. The van der Waals surface area contributed by atoms with E-state index in [1.807, 2.05) is 38.1 Å². The summed E-state index contributed by atoms with van der Waals surface area (Å²) in [6.45, 7) is 3.77. The molecule has 1 N–H and O–H groups in total. The molecule has 3 rings (SSSR count). The number of anilines is 1. The predicted octanol–water partition coefficient (Wildman–Crippen LogP) is 4.69. The maximum atomic E-state index is 13.1. The van der Waals surface area contributed by atoms with Crippen molar-refractivity contribution < 1.29 is 14.3 Å². The van der Waals surface area contributed by atoms with E-state index in [-0.39, 0.29) is 18.3 Å². The molecule has 29 heavy (non-hydrogen) atoms. The molecule has 0 spiro atoms. The Morgan fingerprint density at radius 3 is 2.31 bits per heavy atom. The summed E-state index contributed by atoms with van der Waals surface area (Å²) in [6, 6.07) is 21.1. The van der Waals surface area contributed by atoms with Gasteiger partial charge in [-0.2, -0.15) is 5.26 Å². The fourth-order valence-electron chi connectivity index (χ4n) is 2.95. The molecule has 0 unspecified atom stereocenters. The van der Waals surface area contributed by atoms with Crippen LogP contribution in [0.15, 0.2) is 66.7 Å². The van der Waals surface area contributed by atoms with Crippen LogP contribution in [0.2, 0.25) is 0 Å². The van der Waals surface area contributed by atoms with E-state index in [1.54, 1.807) is 48.5 Å². The molecule has 5 nitrogen and oxygen atoms in total. The molecule has 144 valence electrons. The van der Waals surface area contributed by atoms with Gasteiger partial charge in [0.15, 0.2) is 12.4 Å². The molecule has 0 saturated heterocycles. The molecular formula is C24H20N2O3. The zero-order valence-electron chi connectivity index (χ0n) is 16.2. The van der Waals surface area contributed by atoms with Crippen LogP contribution in [-0.4, -0.2) is 18.3 Å². The van der Waals surface area contributed by atoms with Crippen molar-refractivity contribution in [1.29, 1.82) is 5.26 Å². The van der Waals surface area contributed by atoms with E-state index >= 15 is 0 Å². The van der Waals surface area contributed by atoms with Gasteiger partial charge in [0.1, 0.15) is 11.8 Å². The summed E-state index contributed by atoms with van der Waals surface area (Å²) < 4.78 is 5.20. The van der Waals surface area contributed by atoms with Gasteiger partial charge in [-0.3, -0.25) is 9.59 Å². The molecule has 0 heterocycles. The van der Waals surface area contributed by atoms with Crippen LogP contribution < -0.4 is 10.1 Å². The molecule has 0 atom stereocenters. The third kappa shape index (κ3) is 4.69. The maximum absolute atomic E-state index is 13.1. The summed E-state index contributed by atoms with van der Waals surface area (Å²) in [5, 5.41) is 11.4. The highest BCUT2D eigenvalue weighted by Crippen LogP contribution is 2.21. The molecule has 0 aliphatic carbocycles. The van der Waals surface area contributed by atoms with Gasteiger partial charge in [-0.15, -0.1) is 0 Å². The van der Waals surface area contributed by atoms with Crippen molar-refractivity contribution >= 4 is 17.4 Å². The number of ether oxygens (including phenoxy) is 1. The lowest BCUT2D eigenvalue weighted by molar-refractivity contribution is 0.0996. The summed E-state index contributed by atoms with van der Waals surface area (Å²) in [5.74, 6) is -0.0165. The van der Waals surface area contributed by atoms with E-state index in [0.717, 1.165) is 11.1 Å². The Morgan fingerprint density at radius 1 is 0.931 bits per heavy atom. The number of rotatable bonds is 6. The molecule has 3 aromatic carbocycles. The summed E-state index contributed by atoms with van der Waals surface area (Å²) in [7, 11) is 0. The van der Waals surface area contributed by atoms with Gasteiger partial charge in [-0.05, 0) is 55.8 Å². The topological polar surface area (TPSA) is 79.2 Å². The van der Waals surface area contributed by atoms with Crippen LogP contribution in [0.1, 0.15) is 37.4 Å². The highest BCUT2D eigenvalue weighted by molar-refractivity contribution is 6.18. The van der Waals surface area contributed by atoms with Gasteiger partial charge >= 0.3 is 0 Å². The van der Waals surface area contributed by atoms with Crippen molar-refractivity contribution in [3.63, 3.8) is 0 Å². The summed E-state index contributed by atoms with van der Waals surface area (Å²) in [6.07, 6.45) is 0. The van der Waals surface area contributed by atoms with Crippen molar-refractivity contribution in [1.82, 2.24) is 0 Å². The first-order valence-corrected chi connectivity index (χ1v) is 9.11. The number of ketones is 1. The number of nitrogens with zero attached hydrogens (tertiary/aromatic N) is 1. The number of nitrogens with one attached hydrogen (secondary N) is 1. The van der Waals surface area contributed by atoms with Gasteiger partial charge in [0.05, 0.1) is 5.56 Å². The van der Waals surface area contributed by atoms with Crippen LogP contribution in [0.5, 0.6) is 5.75 Å². The Balaban J connectivity index is 1.84. The SMILES string of the molecule is Cc1ccc(C)c(C(=O)c2ccccc2C(=O)Nc2ccc(OCC#N)cc2)c1. The molecule has 5 heteroatoms. The second-order valence-corrected chi connectivity index (χ2v) is 6.62. The third-order valence-electron chi connectivity index (χ3n) is 4.47. The Morgan fingerprint density at radius 2 is 1.62 bits per heavy atom. The van der Waals surface area contributed by atoms with E-state index in [4.69, 9.17) is 10.00 Å². The largest absolute Gasteiger partial charge is 0.479 e. The predicted molar refractivity (Wildman–Crippen MR) is 111 cm³/mol. The van der Waals surface area contributed by atoms with Crippen molar-refractivity contribution in [2.45, 2.75) is 13.8 Å². The van der Waals surface area contributed by atoms with Crippen LogP contribution in [-0.2, 0) is 0 Å².